The molecule has 0 aromatic heterocycles. The van der Waals surface area contributed by atoms with Gasteiger partial charge in [-0.25, -0.2) is 0 Å². The lowest BCUT2D eigenvalue weighted by atomic mass is 9.85. The lowest BCUT2D eigenvalue weighted by molar-refractivity contribution is -0.436. The summed E-state index contributed by atoms with van der Waals surface area (Å²) in [4.78, 5) is 0. The molecule has 10 heteroatoms. The van der Waals surface area contributed by atoms with Gasteiger partial charge in [0, 0.05) is 32.7 Å². The minimum Gasteiger partial charge on any atom is -0.327 e. The van der Waals surface area contributed by atoms with Gasteiger partial charge in [0.15, 0.2) is 0 Å². The molecule has 0 aliphatic carbocycles. The summed E-state index contributed by atoms with van der Waals surface area (Å²) in [6.07, 6.45) is -1.46. The van der Waals surface area contributed by atoms with Crippen LogP contribution in [-0.2, 0) is 14.2 Å². The Labute approximate surface area is 212 Å². The maximum absolute atomic E-state index is 15.6. The third kappa shape index (κ3) is 12.8. The fourth-order valence-electron chi connectivity index (χ4n) is 4.36. The Kier molecular flexibility index (Phi) is 17.5. The Balaban J connectivity index is 5.44. The van der Waals surface area contributed by atoms with Gasteiger partial charge in [0.25, 0.3) is 5.97 Å². The highest BCUT2D eigenvalue weighted by Crippen LogP contribution is 2.50. The van der Waals surface area contributed by atoms with Crippen molar-refractivity contribution in [2.24, 2.45) is 5.92 Å². The molecule has 0 heterocycles. The summed E-state index contributed by atoms with van der Waals surface area (Å²) in [5.74, 6) is -13.2. The quantitative estimate of drug-likeness (QED) is 0.0733. The summed E-state index contributed by atoms with van der Waals surface area (Å²) in [7, 11) is 0. The summed E-state index contributed by atoms with van der Waals surface area (Å²) in [5.41, 5.74) is 0. The summed E-state index contributed by atoms with van der Waals surface area (Å²) in [5, 5.41) is 0. The Morgan fingerprint density at radius 3 is 1.39 bits per heavy atom. The largest absolute Gasteiger partial charge is 0.389 e. The maximum Gasteiger partial charge on any atom is 0.389 e. The van der Waals surface area contributed by atoms with E-state index < -0.39 is 42.8 Å². The van der Waals surface area contributed by atoms with Gasteiger partial charge in [-0.1, -0.05) is 64.7 Å². The second-order valence-corrected chi connectivity index (χ2v) is 9.22. The van der Waals surface area contributed by atoms with Crippen LogP contribution < -0.4 is 0 Å². The first-order chi connectivity index (χ1) is 16.8. The van der Waals surface area contributed by atoms with Crippen molar-refractivity contribution in [3.05, 3.63) is 0 Å². The van der Waals surface area contributed by atoms with Crippen molar-refractivity contribution in [3.8, 4) is 0 Å². The second kappa shape index (κ2) is 17.8. The topological polar surface area (TPSA) is 27.7 Å². The Morgan fingerprint density at radius 1 is 0.528 bits per heavy atom. The number of unbranched alkanes of at least 4 members (excludes halogenated alkanes) is 9. The molecule has 218 valence electrons. The van der Waals surface area contributed by atoms with Crippen molar-refractivity contribution < 1.29 is 44.9 Å². The standard InChI is InChI=1S/C26H47F7O3/c1-5-9-10-11-13-16-19-22(26(34-6-2,35-7-3)36-8-4)25(32,33)23(27,28)20-17-14-12-15-18-21-24(29,30)31/h22H,5-21H2,1-4H3. The van der Waals surface area contributed by atoms with E-state index >= 15 is 17.6 Å². The molecule has 1 atom stereocenters. The summed E-state index contributed by atoms with van der Waals surface area (Å²) in [6, 6.07) is 0. The normalized spacial score (nSPS) is 14.4. The second-order valence-electron chi connectivity index (χ2n) is 9.22. The van der Waals surface area contributed by atoms with Gasteiger partial charge in [-0.15, -0.1) is 0 Å². The highest BCUT2D eigenvalue weighted by Gasteiger charge is 2.67. The first-order valence-corrected chi connectivity index (χ1v) is 13.6. The Hall–Kier alpha value is -0.610. The highest BCUT2D eigenvalue weighted by molar-refractivity contribution is 4.95. The number of hydrogen-bond acceptors (Lipinski definition) is 3. The smallest absolute Gasteiger partial charge is 0.327 e. The molecule has 0 spiro atoms. The fourth-order valence-corrected chi connectivity index (χ4v) is 4.36. The first kappa shape index (κ1) is 35.4. The van der Waals surface area contributed by atoms with E-state index in [1.54, 1.807) is 20.8 Å². The molecule has 0 saturated heterocycles. The molecule has 0 rings (SSSR count). The molecule has 0 N–H and O–H groups in total. The molecule has 0 aliphatic heterocycles. The molecule has 0 aliphatic rings. The number of rotatable bonds is 23. The third-order valence-electron chi connectivity index (χ3n) is 6.19. The highest BCUT2D eigenvalue weighted by atomic mass is 19.4. The molecule has 0 fully saturated rings. The predicted octanol–water partition coefficient (Wildman–Crippen LogP) is 9.68. The van der Waals surface area contributed by atoms with Crippen LogP contribution in [0.3, 0.4) is 0 Å². The molecule has 0 saturated carbocycles. The van der Waals surface area contributed by atoms with E-state index in [-0.39, 0.29) is 58.3 Å². The maximum atomic E-state index is 15.6. The Morgan fingerprint density at radius 2 is 0.944 bits per heavy atom. The number of hydrogen-bond donors (Lipinski definition) is 0. The van der Waals surface area contributed by atoms with E-state index in [1.165, 1.54) is 0 Å². The molecule has 0 radical (unpaired) electrons. The molecule has 3 nitrogen and oxygen atoms in total. The van der Waals surface area contributed by atoms with Crippen LogP contribution in [0, 0.1) is 5.92 Å². The Bertz CT molecular complexity index is 525. The molecule has 0 aromatic rings. The molecule has 36 heavy (non-hydrogen) atoms. The van der Waals surface area contributed by atoms with Gasteiger partial charge in [-0.2, -0.15) is 30.7 Å². The number of halogens is 7. The van der Waals surface area contributed by atoms with Crippen molar-refractivity contribution in [2.75, 3.05) is 19.8 Å². The molecule has 0 aromatic carbocycles. The first-order valence-electron chi connectivity index (χ1n) is 13.6. The van der Waals surface area contributed by atoms with Crippen molar-refractivity contribution in [1.82, 2.24) is 0 Å². The van der Waals surface area contributed by atoms with E-state index in [1.807, 2.05) is 0 Å². The molecular weight excluding hydrogens is 493 g/mol. The van der Waals surface area contributed by atoms with E-state index in [0.29, 0.717) is 12.8 Å². The number of alkyl halides is 7. The zero-order chi connectivity index (χ0) is 27.7. The van der Waals surface area contributed by atoms with Crippen molar-refractivity contribution in [3.63, 3.8) is 0 Å². The van der Waals surface area contributed by atoms with Gasteiger partial charge >= 0.3 is 18.0 Å². The van der Waals surface area contributed by atoms with Crippen LogP contribution in [-0.4, -0.2) is 43.8 Å². The van der Waals surface area contributed by atoms with Crippen LogP contribution >= 0.6 is 0 Å². The lowest BCUT2D eigenvalue weighted by Gasteiger charge is -2.44. The average Bonchev–Trinajstić information content (AvgIpc) is 2.77. The fraction of sp³-hybridized carbons (Fsp3) is 1.00. The minimum absolute atomic E-state index is 0.0629. The van der Waals surface area contributed by atoms with Crippen LogP contribution in [0.1, 0.15) is 118 Å². The summed E-state index contributed by atoms with van der Waals surface area (Å²) >= 11 is 0. The van der Waals surface area contributed by atoms with Gasteiger partial charge in [0.05, 0.1) is 0 Å². The van der Waals surface area contributed by atoms with Gasteiger partial charge in [-0.3, -0.25) is 0 Å². The SMILES string of the molecule is CCCCCCCCC(C(OCC)(OCC)OCC)C(F)(F)C(F)(F)CCCCCCCC(F)(F)F. The molecular formula is C26H47F7O3. The number of ether oxygens (including phenoxy) is 3. The van der Waals surface area contributed by atoms with E-state index in [4.69, 9.17) is 14.2 Å². The monoisotopic (exact) mass is 540 g/mol. The summed E-state index contributed by atoms with van der Waals surface area (Å²) < 4.78 is 114. The van der Waals surface area contributed by atoms with Crippen LogP contribution in [0.2, 0.25) is 0 Å². The van der Waals surface area contributed by atoms with Crippen LogP contribution in [0.15, 0.2) is 0 Å². The van der Waals surface area contributed by atoms with Crippen molar-refractivity contribution in [2.45, 2.75) is 142 Å². The van der Waals surface area contributed by atoms with Gasteiger partial charge in [0.1, 0.15) is 5.92 Å². The van der Waals surface area contributed by atoms with Crippen LogP contribution in [0.4, 0.5) is 30.7 Å². The summed E-state index contributed by atoms with van der Waals surface area (Å²) in [6.45, 7) is 6.55. The van der Waals surface area contributed by atoms with Crippen LogP contribution in [0.5, 0.6) is 0 Å². The van der Waals surface area contributed by atoms with Crippen molar-refractivity contribution >= 4 is 0 Å². The van der Waals surface area contributed by atoms with Crippen molar-refractivity contribution in [1.29, 1.82) is 0 Å². The third-order valence-corrected chi connectivity index (χ3v) is 6.19. The van der Waals surface area contributed by atoms with Gasteiger partial charge in [-0.05, 0) is 40.0 Å². The lowest BCUT2D eigenvalue weighted by Crippen LogP contribution is -2.59. The molecule has 0 amide bonds. The van der Waals surface area contributed by atoms with Gasteiger partial charge < -0.3 is 14.2 Å². The van der Waals surface area contributed by atoms with Crippen LogP contribution in [0.25, 0.3) is 0 Å². The van der Waals surface area contributed by atoms with E-state index in [9.17, 15) is 13.2 Å². The van der Waals surface area contributed by atoms with E-state index in [0.717, 1.165) is 25.7 Å². The minimum atomic E-state index is -4.48. The zero-order valence-corrected chi connectivity index (χ0v) is 22.5. The predicted molar refractivity (Wildman–Crippen MR) is 127 cm³/mol. The molecule has 0 bridgehead atoms. The zero-order valence-electron chi connectivity index (χ0n) is 22.5. The molecule has 1 unspecified atom stereocenters. The van der Waals surface area contributed by atoms with E-state index in [2.05, 4.69) is 6.92 Å². The van der Waals surface area contributed by atoms with Gasteiger partial charge in [0.2, 0.25) is 0 Å². The average molecular weight is 541 g/mol.